The first-order valence-corrected chi connectivity index (χ1v) is 10.3. The third-order valence-electron chi connectivity index (χ3n) is 5.85. The van der Waals surface area contributed by atoms with Crippen molar-refractivity contribution in [2.45, 2.75) is 12.8 Å². The van der Waals surface area contributed by atoms with E-state index in [1.54, 1.807) is 6.33 Å². The van der Waals surface area contributed by atoms with Gasteiger partial charge in [0.15, 0.2) is 0 Å². The Bertz CT molecular complexity index is 1160. The van der Waals surface area contributed by atoms with Crippen molar-refractivity contribution in [1.82, 2.24) is 19.5 Å². The summed E-state index contributed by atoms with van der Waals surface area (Å²) in [6.07, 6.45) is 4.02. The van der Waals surface area contributed by atoms with E-state index in [0.717, 1.165) is 34.2 Å². The van der Waals surface area contributed by atoms with Crippen LogP contribution in [0, 0.1) is 5.92 Å². The summed E-state index contributed by atoms with van der Waals surface area (Å²) >= 11 is 0. The molecule has 2 aliphatic rings. The average Bonchev–Trinajstić information content (AvgIpc) is 3.60. The van der Waals surface area contributed by atoms with Gasteiger partial charge in [-0.05, 0) is 37.0 Å². The molecule has 9 nitrogen and oxygen atoms in total. The van der Waals surface area contributed by atoms with E-state index in [4.69, 9.17) is 4.74 Å². The average molecular weight is 408 g/mol. The molecule has 2 fully saturated rings. The van der Waals surface area contributed by atoms with E-state index >= 15 is 0 Å². The molecule has 3 aromatic rings. The van der Waals surface area contributed by atoms with Gasteiger partial charge in [-0.1, -0.05) is 0 Å². The zero-order chi connectivity index (χ0) is 20.7. The SMILES string of the molecule is Cn1c(=O)cc(N2CCN(c3ccc4ncnc(OCC5CC5)c4c3)CC2)[nH]c1=O. The standard InChI is InChI=1S/C21H24N6O3/c1-25-19(28)11-18(24-21(25)29)27-8-6-26(7-9-27)15-4-5-17-16(10-15)20(23-13-22-17)30-12-14-2-3-14/h4-5,10-11,13-14H,2-3,6-9,12H2,1H3,(H,24,29). The van der Waals surface area contributed by atoms with Crippen molar-refractivity contribution in [3.63, 3.8) is 0 Å². The van der Waals surface area contributed by atoms with Gasteiger partial charge in [0.25, 0.3) is 5.56 Å². The number of benzene rings is 1. The smallest absolute Gasteiger partial charge is 0.329 e. The molecule has 0 spiro atoms. The van der Waals surface area contributed by atoms with Gasteiger partial charge in [0.05, 0.1) is 17.5 Å². The van der Waals surface area contributed by atoms with Crippen LogP contribution in [0.15, 0.2) is 40.2 Å². The number of rotatable bonds is 5. The van der Waals surface area contributed by atoms with Gasteiger partial charge in [-0.15, -0.1) is 0 Å². The van der Waals surface area contributed by atoms with Gasteiger partial charge in [-0.3, -0.25) is 14.3 Å². The van der Waals surface area contributed by atoms with Crippen molar-refractivity contribution in [3.8, 4) is 5.88 Å². The summed E-state index contributed by atoms with van der Waals surface area (Å²) in [4.78, 5) is 39.6. The molecule has 0 atom stereocenters. The Morgan fingerprint density at radius 2 is 1.83 bits per heavy atom. The molecule has 0 unspecified atom stereocenters. The fraction of sp³-hybridized carbons (Fsp3) is 0.429. The Labute approximate surface area is 172 Å². The highest BCUT2D eigenvalue weighted by Gasteiger charge is 2.23. The third-order valence-corrected chi connectivity index (χ3v) is 5.85. The van der Waals surface area contributed by atoms with Crippen LogP contribution in [-0.2, 0) is 7.05 Å². The Balaban J connectivity index is 1.33. The highest BCUT2D eigenvalue weighted by molar-refractivity contribution is 5.86. The molecule has 3 heterocycles. The molecule has 0 radical (unpaired) electrons. The topological polar surface area (TPSA) is 96.3 Å². The van der Waals surface area contributed by atoms with Gasteiger partial charge in [0, 0.05) is 45.0 Å². The molecule has 1 saturated carbocycles. The molecule has 9 heteroatoms. The van der Waals surface area contributed by atoms with E-state index in [2.05, 4.69) is 32.0 Å². The maximum atomic E-state index is 11.9. The Kier molecular flexibility index (Phi) is 4.65. The lowest BCUT2D eigenvalue weighted by Crippen LogP contribution is -2.48. The van der Waals surface area contributed by atoms with Gasteiger partial charge < -0.3 is 14.5 Å². The van der Waals surface area contributed by atoms with Crippen molar-refractivity contribution in [3.05, 3.63) is 51.4 Å². The van der Waals surface area contributed by atoms with Crippen molar-refractivity contribution in [2.75, 3.05) is 42.6 Å². The van der Waals surface area contributed by atoms with Gasteiger partial charge >= 0.3 is 5.69 Å². The second kappa shape index (κ2) is 7.47. The van der Waals surface area contributed by atoms with Crippen LogP contribution in [0.1, 0.15) is 12.8 Å². The van der Waals surface area contributed by atoms with E-state index in [9.17, 15) is 9.59 Å². The summed E-state index contributed by atoms with van der Waals surface area (Å²) in [5.41, 5.74) is 1.26. The molecule has 1 aliphatic heterocycles. The number of aromatic amines is 1. The number of piperazine rings is 1. The summed E-state index contributed by atoms with van der Waals surface area (Å²) in [6, 6.07) is 7.64. The number of hydrogen-bond acceptors (Lipinski definition) is 7. The molecule has 1 aliphatic carbocycles. The van der Waals surface area contributed by atoms with E-state index in [1.807, 2.05) is 11.0 Å². The summed E-state index contributed by atoms with van der Waals surface area (Å²) < 4.78 is 7.02. The maximum absolute atomic E-state index is 11.9. The number of nitrogens with zero attached hydrogens (tertiary/aromatic N) is 5. The largest absolute Gasteiger partial charge is 0.477 e. The summed E-state index contributed by atoms with van der Waals surface area (Å²) in [6.45, 7) is 3.67. The van der Waals surface area contributed by atoms with Gasteiger partial charge in [-0.2, -0.15) is 0 Å². The van der Waals surface area contributed by atoms with Crippen LogP contribution in [-0.4, -0.2) is 52.3 Å². The van der Waals surface area contributed by atoms with Gasteiger partial charge in [0.1, 0.15) is 12.1 Å². The number of nitrogens with one attached hydrogen (secondary N) is 1. The minimum atomic E-state index is -0.395. The zero-order valence-corrected chi connectivity index (χ0v) is 16.9. The second-order valence-corrected chi connectivity index (χ2v) is 7.97. The molecule has 0 bridgehead atoms. The Morgan fingerprint density at radius 3 is 2.57 bits per heavy atom. The minimum absolute atomic E-state index is 0.301. The molecule has 0 amide bonds. The summed E-state index contributed by atoms with van der Waals surface area (Å²) in [5, 5.41) is 0.925. The number of H-pyrrole nitrogens is 1. The lowest BCUT2D eigenvalue weighted by atomic mass is 10.2. The Morgan fingerprint density at radius 1 is 1.07 bits per heavy atom. The van der Waals surface area contributed by atoms with E-state index in [0.29, 0.717) is 37.3 Å². The molecule has 1 aromatic carbocycles. The van der Waals surface area contributed by atoms with Gasteiger partial charge in [-0.25, -0.2) is 14.8 Å². The molecular formula is C21H24N6O3. The molecule has 1 saturated heterocycles. The number of aromatic nitrogens is 4. The molecule has 5 rings (SSSR count). The third kappa shape index (κ3) is 3.62. The number of anilines is 2. The zero-order valence-electron chi connectivity index (χ0n) is 16.9. The van der Waals surface area contributed by atoms with Crippen LogP contribution in [0.25, 0.3) is 10.9 Å². The molecule has 30 heavy (non-hydrogen) atoms. The van der Waals surface area contributed by atoms with Crippen molar-refractivity contribution < 1.29 is 4.74 Å². The quantitative estimate of drug-likeness (QED) is 0.676. The van der Waals surface area contributed by atoms with Crippen LogP contribution in [0.3, 0.4) is 0 Å². The number of hydrogen-bond donors (Lipinski definition) is 1. The molecular weight excluding hydrogens is 384 g/mol. The first kappa shape index (κ1) is 18.7. The molecule has 156 valence electrons. The van der Waals surface area contributed by atoms with Crippen LogP contribution < -0.4 is 25.8 Å². The van der Waals surface area contributed by atoms with Crippen LogP contribution in [0.5, 0.6) is 5.88 Å². The normalized spacial score (nSPS) is 16.8. The lowest BCUT2D eigenvalue weighted by Gasteiger charge is -2.37. The van der Waals surface area contributed by atoms with E-state index in [-0.39, 0.29) is 5.56 Å². The highest BCUT2D eigenvalue weighted by atomic mass is 16.5. The first-order chi connectivity index (χ1) is 14.6. The van der Waals surface area contributed by atoms with Crippen molar-refractivity contribution >= 4 is 22.4 Å². The predicted octanol–water partition coefficient (Wildman–Crippen LogP) is 1.13. The van der Waals surface area contributed by atoms with Crippen molar-refractivity contribution in [1.29, 1.82) is 0 Å². The summed E-state index contributed by atoms with van der Waals surface area (Å²) in [7, 11) is 1.47. The highest BCUT2D eigenvalue weighted by Crippen LogP contribution is 2.32. The van der Waals surface area contributed by atoms with Crippen molar-refractivity contribution in [2.24, 2.45) is 13.0 Å². The van der Waals surface area contributed by atoms with Crippen LogP contribution in [0.2, 0.25) is 0 Å². The minimum Gasteiger partial charge on any atom is -0.477 e. The van der Waals surface area contributed by atoms with Gasteiger partial charge in [0.2, 0.25) is 5.88 Å². The number of ether oxygens (including phenoxy) is 1. The lowest BCUT2D eigenvalue weighted by molar-refractivity contribution is 0.292. The maximum Gasteiger partial charge on any atom is 0.329 e. The van der Waals surface area contributed by atoms with E-state index in [1.165, 1.54) is 26.0 Å². The fourth-order valence-electron chi connectivity index (χ4n) is 3.73. The molecule has 1 N–H and O–H groups in total. The molecule has 2 aromatic heterocycles. The van der Waals surface area contributed by atoms with Crippen LogP contribution >= 0.6 is 0 Å². The fourth-order valence-corrected chi connectivity index (χ4v) is 3.73. The van der Waals surface area contributed by atoms with E-state index < -0.39 is 5.69 Å². The second-order valence-electron chi connectivity index (χ2n) is 7.97. The summed E-state index contributed by atoms with van der Waals surface area (Å²) in [5.74, 6) is 1.88. The monoisotopic (exact) mass is 408 g/mol. The Hall–Kier alpha value is -3.36. The number of fused-ring (bicyclic) bond motifs is 1. The predicted molar refractivity (Wildman–Crippen MR) is 114 cm³/mol. The first-order valence-electron chi connectivity index (χ1n) is 10.3. The van der Waals surface area contributed by atoms with Crippen LogP contribution in [0.4, 0.5) is 11.5 Å².